The number of alkyl carbamates (subject to hydrolysis) is 1. The number of benzene rings is 3. The van der Waals surface area contributed by atoms with Gasteiger partial charge in [0.25, 0.3) is 0 Å². The van der Waals surface area contributed by atoms with E-state index in [-0.39, 0.29) is 25.6 Å². The average Bonchev–Trinajstić information content (AvgIpc) is 3.19. The molecule has 1 aliphatic rings. The lowest BCUT2D eigenvalue weighted by atomic mass is 9.98. The average molecular weight is 502 g/mol. The Balaban J connectivity index is 1.40. The van der Waals surface area contributed by atoms with Crippen LogP contribution >= 0.6 is 0 Å². The number of carbonyl (C=O) groups excluding carboxylic acids is 3. The molecule has 0 bridgehead atoms. The molecule has 1 atom stereocenters. The van der Waals surface area contributed by atoms with E-state index in [0.29, 0.717) is 0 Å². The van der Waals surface area contributed by atoms with Gasteiger partial charge in [0.1, 0.15) is 24.9 Å². The number of amides is 1. The normalized spacial score (nSPS) is 13.2. The molecule has 192 valence electrons. The first-order valence-corrected chi connectivity index (χ1v) is 12.2. The molecule has 3 aromatic rings. The van der Waals surface area contributed by atoms with Crippen molar-refractivity contribution in [2.45, 2.75) is 51.4 Å². The Morgan fingerprint density at radius 1 is 0.811 bits per heavy atom. The summed E-state index contributed by atoms with van der Waals surface area (Å²) in [5, 5.41) is 2.50. The van der Waals surface area contributed by atoms with Crippen molar-refractivity contribution in [3.63, 3.8) is 0 Å². The van der Waals surface area contributed by atoms with Crippen LogP contribution in [0.3, 0.4) is 0 Å². The Kier molecular flexibility index (Phi) is 7.92. The highest BCUT2D eigenvalue weighted by molar-refractivity contribution is 5.86. The molecule has 1 N–H and O–H groups in total. The van der Waals surface area contributed by atoms with Gasteiger partial charge in [0.15, 0.2) is 0 Å². The lowest BCUT2D eigenvalue weighted by Crippen LogP contribution is -2.46. The lowest BCUT2D eigenvalue weighted by molar-refractivity contribution is -0.161. The number of hydrogen-bond donors (Lipinski definition) is 1. The summed E-state index contributed by atoms with van der Waals surface area (Å²) in [5.41, 5.74) is 4.38. The molecule has 0 aliphatic heterocycles. The van der Waals surface area contributed by atoms with Gasteiger partial charge in [-0.05, 0) is 48.6 Å². The van der Waals surface area contributed by atoms with Crippen molar-refractivity contribution in [3.05, 3.63) is 95.6 Å². The van der Waals surface area contributed by atoms with Gasteiger partial charge in [-0.25, -0.2) is 9.59 Å². The van der Waals surface area contributed by atoms with Crippen molar-refractivity contribution in [2.75, 3.05) is 6.61 Å². The van der Waals surface area contributed by atoms with Gasteiger partial charge in [0.2, 0.25) is 0 Å². The minimum Gasteiger partial charge on any atom is -0.461 e. The Morgan fingerprint density at radius 3 is 1.97 bits per heavy atom. The third kappa shape index (κ3) is 6.76. The van der Waals surface area contributed by atoms with Gasteiger partial charge in [0.05, 0.1) is 6.42 Å². The van der Waals surface area contributed by atoms with Gasteiger partial charge in [-0.15, -0.1) is 0 Å². The maximum absolute atomic E-state index is 12.8. The standard InChI is InChI=1S/C30H31NO6/c1-30(2,3)37-28(33)26(17-27(32)35-18-20-11-5-4-6-12-20)31-29(34)36-19-25-23-15-9-7-13-21(23)22-14-8-10-16-24(22)25/h4-16,25-26H,17-19H2,1-3H3,(H,31,34)/t26-/m0/s1. The van der Waals surface area contributed by atoms with Crippen LogP contribution in [0.2, 0.25) is 0 Å². The van der Waals surface area contributed by atoms with Gasteiger partial charge in [0, 0.05) is 5.92 Å². The van der Waals surface area contributed by atoms with Gasteiger partial charge in [-0.2, -0.15) is 0 Å². The highest BCUT2D eigenvalue weighted by Crippen LogP contribution is 2.44. The van der Waals surface area contributed by atoms with Crippen LogP contribution < -0.4 is 5.32 Å². The maximum atomic E-state index is 12.8. The SMILES string of the molecule is CC(C)(C)OC(=O)[C@H](CC(=O)OCc1ccccc1)NC(=O)OCC1c2ccccc2-c2ccccc21. The molecule has 0 spiro atoms. The van der Waals surface area contributed by atoms with Crippen LogP contribution in [0.15, 0.2) is 78.9 Å². The quantitative estimate of drug-likeness (QED) is 0.330. The number of esters is 2. The van der Waals surface area contributed by atoms with E-state index in [1.54, 1.807) is 20.8 Å². The first-order valence-electron chi connectivity index (χ1n) is 12.2. The van der Waals surface area contributed by atoms with Gasteiger partial charge in [-0.1, -0.05) is 78.9 Å². The second-order valence-electron chi connectivity index (χ2n) is 9.91. The summed E-state index contributed by atoms with van der Waals surface area (Å²) < 4.78 is 16.3. The largest absolute Gasteiger partial charge is 0.461 e. The van der Waals surface area contributed by atoms with Gasteiger partial charge < -0.3 is 19.5 Å². The van der Waals surface area contributed by atoms with Crippen molar-refractivity contribution in [2.24, 2.45) is 0 Å². The molecule has 3 aromatic carbocycles. The maximum Gasteiger partial charge on any atom is 0.407 e. The molecule has 0 saturated carbocycles. The Hall–Kier alpha value is -4.13. The monoisotopic (exact) mass is 501 g/mol. The number of ether oxygens (including phenoxy) is 3. The first kappa shape index (κ1) is 25.9. The third-order valence-corrected chi connectivity index (χ3v) is 5.94. The molecule has 1 aliphatic carbocycles. The topological polar surface area (TPSA) is 90.9 Å². The minimum absolute atomic E-state index is 0.0612. The van der Waals surface area contributed by atoms with Crippen LogP contribution in [0, 0.1) is 0 Å². The van der Waals surface area contributed by atoms with Crippen molar-refractivity contribution in [1.29, 1.82) is 0 Å². The van der Waals surface area contributed by atoms with E-state index >= 15 is 0 Å². The van der Waals surface area contributed by atoms with E-state index in [1.807, 2.05) is 78.9 Å². The molecule has 1 amide bonds. The summed E-state index contributed by atoms with van der Waals surface area (Å²) in [6, 6.07) is 24.0. The van der Waals surface area contributed by atoms with Crippen LogP contribution in [-0.4, -0.2) is 36.3 Å². The minimum atomic E-state index is -1.25. The van der Waals surface area contributed by atoms with E-state index in [0.717, 1.165) is 27.8 Å². The van der Waals surface area contributed by atoms with Crippen LogP contribution in [0.25, 0.3) is 11.1 Å². The van der Waals surface area contributed by atoms with E-state index in [4.69, 9.17) is 14.2 Å². The molecule has 0 fully saturated rings. The molecular formula is C30H31NO6. The van der Waals surface area contributed by atoms with Crippen molar-refractivity contribution < 1.29 is 28.6 Å². The number of nitrogens with one attached hydrogen (secondary N) is 1. The molecule has 0 aromatic heterocycles. The fourth-order valence-corrected chi connectivity index (χ4v) is 4.31. The zero-order valence-electron chi connectivity index (χ0n) is 21.2. The van der Waals surface area contributed by atoms with E-state index < -0.39 is 29.7 Å². The molecule has 0 saturated heterocycles. The fraction of sp³-hybridized carbons (Fsp3) is 0.300. The van der Waals surface area contributed by atoms with Crippen LogP contribution in [0.4, 0.5) is 4.79 Å². The number of hydrogen-bond acceptors (Lipinski definition) is 6. The predicted octanol–water partition coefficient (Wildman–Crippen LogP) is 5.37. The second-order valence-corrected chi connectivity index (χ2v) is 9.91. The zero-order valence-corrected chi connectivity index (χ0v) is 21.2. The van der Waals surface area contributed by atoms with Gasteiger partial charge >= 0.3 is 18.0 Å². The predicted molar refractivity (Wildman–Crippen MR) is 139 cm³/mol. The molecule has 37 heavy (non-hydrogen) atoms. The molecule has 0 unspecified atom stereocenters. The zero-order chi connectivity index (χ0) is 26.4. The molecule has 7 nitrogen and oxygen atoms in total. The number of carbonyl (C=O) groups is 3. The first-order chi connectivity index (χ1) is 17.7. The number of fused-ring (bicyclic) bond motifs is 3. The molecular weight excluding hydrogens is 470 g/mol. The fourth-order valence-electron chi connectivity index (χ4n) is 4.31. The number of rotatable bonds is 8. The lowest BCUT2D eigenvalue weighted by Gasteiger charge is -2.24. The summed E-state index contributed by atoms with van der Waals surface area (Å²) in [4.78, 5) is 38.1. The van der Waals surface area contributed by atoms with Crippen LogP contribution in [0.5, 0.6) is 0 Å². The summed E-state index contributed by atoms with van der Waals surface area (Å²) in [7, 11) is 0. The molecule has 0 heterocycles. The van der Waals surface area contributed by atoms with Gasteiger partial charge in [-0.3, -0.25) is 4.79 Å². The Morgan fingerprint density at radius 2 is 1.38 bits per heavy atom. The summed E-state index contributed by atoms with van der Waals surface area (Å²) >= 11 is 0. The smallest absolute Gasteiger partial charge is 0.407 e. The Labute approximate surface area is 216 Å². The summed E-state index contributed by atoms with van der Waals surface area (Å²) in [6.07, 6.45) is -1.19. The highest BCUT2D eigenvalue weighted by atomic mass is 16.6. The Bertz CT molecular complexity index is 1220. The molecule has 4 rings (SSSR count). The summed E-state index contributed by atoms with van der Waals surface area (Å²) in [6.45, 7) is 5.28. The van der Waals surface area contributed by atoms with E-state index in [9.17, 15) is 14.4 Å². The van der Waals surface area contributed by atoms with Crippen molar-refractivity contribution >= 4 is 18.0 Å². The van der Waals surface area contributed by atoms with Crippen LogP contribution in [0.1, 0.15) is 49.8 Å². The van der Waals surface area contributed by atoms with E-state index in [2.05, 4.69) is 5.32 Å². The van der Waals surface area contributed by atoms with Crippen molar-refractivity contribution in [3.8, 4) is 11.1 Å². The molecule has 0 radical (unpaired) electrons. The third-order valence-electron chi connectivity index (χ3n) is 5.94. The summed E-state index contributed by atoms with van der Waals surface area (Å²) in [5.74, 6) is -1.51. The second kappa shape index (κ2) is 11.3. The highest BCUT2D eigenvalue weighted by Gasteiger charge is 2.32. The van der Waals surface area contributed by atoms with Crippen LogP contribution in [-0.2, 0) is 30.4 Å². The van der Waals surface area contributed by atoms with E-state index in [1.165, 1.54) is 0 Å². The molecule has 7 heteroatoms. The van der Waals surface area contributed by atoms with Crippen molar-refractivity contribution in [1.82, 2.24) is 5.32 Å².